The van der Waals surface area contributed by atoms with Gasteiger partial charge in [-0.15, -0.1) is 0 Å². The first-order valence-corrected chi connectivity index (χ1v) is 8.51. The van der Waals surface area contributed by atoms with Crippen LogP contribution in [0.25, 0.3) is 0 Å². The van der Waals surface area contributed by atoms with Crippen LogP contribution >= 0.6 is 11.8 Å². The van der Waals surface area contributed by atoms with E-state index in [-0.39, 0.29) is 12.0 Å². The number of hydrogen-bond acceptors (Lipinski definition) is 4. The molecule has 0 saturated heterocycles. The Hall–Kier alpha value is -2.30. The number of rotatable bonds is 6. The van der Waals surface area contributed by atoms with Crippen molar-refractivity contribution >= 4 is 11.8 Å². The van der Waals surface area contributed by atoms with Crippen LogP contribution in [-0.2, 0) is 18.0 Å². The van der Waals surface area contributed by atoms with Crippen molar-refractivity contribution in [3.8, 4) is 0 Å². The summed E-state index contributed by atoms with van der Waals surface area (Å²) in [6, 6.07) is 19.7. The van der Waals surface area contributed by atoms with Gasteiger partial charge < -0.3 is 9.15 Å². The van der Waals surface area contributed by atoms with Gasteiger partial charge in [-0.25, -0.2) is 0 Å². The predicted molar refractivity (Wildman–Crippen MR) is 95.2 cm³/mol. The standard InChI is InChI=1S/C20H18O3S/c1-15-12-23-18(14-22-13-16-8-4-2-5-9-16)20(19(15)21)24-17-10-6-3-7-11-17/h2-12H,13-14H2,1H3. The first kappa shape index (κ1) is 16.6. The van der Waals surface area contributed by atoms with Crippen molar-refractivity contribution < 1.29 is 9.15 Å². The maximum atomic E-state index is 12.5. The molecule has 0 bridgehead atoms. The molecule has 0 radical (unpaired) electrons. The summed E-state index contributed by atoms with van der Waals surface area (Å²) >= 11 is 1.42. The number of hydrogen-bond donors (Lipinski definition) is 0. The summed E-state index contributed by atoms with van der Waals surface area (Å²) < 4.78 is 11.4. The van der Waals surface area contributed by atoms with E-state index in [0.29, 0.717) is 22.8 Å². The van der Waals surface area contributed by atoms with Gasteiger partial charge in [0, 0.05) is 10.5 Å². The Labute approximate surface area is 145 Å². The summed E-state index contributed by atoms with van der Waals surface area (Å²) in [5.41, 5.74) is 1.68. The number of ether oxygens (including phenoxy) is 1. The fourth-order valence-electron chi connectivity index (χ4n) is 2.22. The monoisotopic (exact) mass is 338 g/mol. The normalized spacial score (nSPS) is 10.7. The number of aryl methyl sites for hydroxylation is 1. The summed E-state index contributed by atoms with van der Waals surface area (Å²) in [7, 11) is 0. The molecule has 24 heavy (non-hydrogen) atoms. The van der Waals surface area contributed by atoms with Crippen molar-refractivity contribution in [2.75, 3.05) is 0 Å². The minimum absolute atomic E-state index is 0.00610. The molecule has 122 valence electrons. The Balaban J connectivity index is 1.77. The Morgan fingerprint density at radius 1 is 0.958 bits per heavy atom. The third-order valence-electron chi connectivity index (χ3n) is 3.50. The summed E-state index contributed by atoms with van der Waals surface area (Å²) in [4.78, 5) is 14.1. The maximum absolute atomic E-state index is 12.5. The van der Waals surface area contributed by atoms with Crippen molar-refractivity contribution in [3.05, 3.63) is 94.0 Å². The lowest BCUT2D eigenvalue weighted by Gasteiger charge is -2.09. The van der Waals surface area contributed by atoms with Crippen LogP contribution in [-0.4, -0.2) is 0 Å². The molecule has 3 nitrogen and oxygen atoms in total. The predicted octanol–water partition coefficient (Wildman–Crippen LogP) is 4.82. The van der Waals surface area contributed by atoms with Gasteiger partial charge in [0.2, 0.25) is 5.43 Å². The zero-order valence-corrected chi connectivity index (χ0v) is 14.2. The quantitative estimate of drug-likeness (QED) is 0.646. The third-order valence-corrected chi connectivity index (χ3v) is 4.63. The summed E-state index contributed by atoms with van der Waals surface area (Å²) in [5.74, 6) is 0.565. The average molecular weight is 338 g/mol. The van der Waals surface area contributed by atoms with Crippen LogP contribution in [0.2, 0.25) is 0 Å². The van der Waals surface area contributed by atoms with Gasteiger partial charge in [-0.1, -0.05) is 60.3 Å². The summed E-state index contributed by atoms with van der Waals surface area (Å²) in [6.07, 6.45) is 1.50. The van der Waals surface area contributed by atoms with Crippen LogP contribution in [0.3, 0.4) is 0 Å². The van der Waals surface area contributed by atoms with Gasteiger partial charge in [0.05, 0.1) is 12.9 Å². The van der Waals surface area contributed by atoms with Crippen LogP contribution in [0.15, 0.2) is 85.9 Å². The molecule has 2 aromatic carbocycles. The van der Waals surface area contributed by atoms with Crippen LogP contribution in [0.4, 0.5) is 0 Å². The Morgan fingerprint density at radius 3 is 2.33 bits per heavy atom. The van der Waals surface area contributed by atoms with Gasteiger partial charge in [0.15, 0.2) is 0 Å². The molecule has 3 rings (SSSR count). The lowest BCUT2D eigenvalue weighted by molar-refractivity contribution is 0.0890. The van der Waals surface area contributed by atoms with Gasteiger partial charge >= 0.3 is 0 Å². The van der Waals surface area contributed by atoms with Crippen molar-refractivity contribution in [1.29, 1.82) is 0 Å². The third kappa shape index (κ3) is 4.16. The van der Waals surface area contributed by atoms with Crippen molar-refractivity contribution in [1.82, 2.24) is 0 Å². The Bertz CT molecular complexity index is 842. The highest BCUT2D eigenvalue weighted by atomic mass is 32.2. The highest BCUT2D eigenvalue weighted by molar-refractivity contribution is 7.99. The molecule has 3 aromatic rings. The SMILES string of the molecule is Cc1coc(COCc2ccccc2)c(Sc2ccccc2)c1=O. The van der Waals surface area contributed by atoms with Crippen LogP contribution in [0.1, 0.15) is 16.9 Å². The summed E-state index contributed by atoms with van der Waals surface area (Å²) in [5, 5.41) is 0. The average Bonchev–Trinajstić information content (AvgIpc) is 2.63. The van der Waals surface area contributed by atoms with E-state index in [1.54, 1.807) is 6.92 Å². The minimum Gasteiger partial charge on any atom is -0.465 e. The van der Waals surface area contributed by atoms with Crippen LogP contribution < -0.4 is 5.43 Å². The van der Waals surface area contributed by atoms with Crippen molar-refractivity contribution in [2.24, 2.45) is 0 Å². The molecule has 0 aliphatic carbocycles. The van der Waals surface area contributed by atoms with Crippen molar-refractivity contribution in [3.63, 3.8) is 0 Å². The minimum atomic E-state index is -0.00610. The lowest BCUT2D eigenvalue weighted by atomic mass is 10.2. The Kier molecular flexibility index (Phi) is 5.51. The second-order valence-electron chi connectivity index (χ2n) is 5.39. The van der Waals surface area contributed by atoms with Gasteiger partial charge in [-0.05, 0) is 24.6 Å². The topological polar surface area (TPSA) is 39.4 Å². The van der Waals surface area contributed by atoms with E-state index in [2.05, 4.69) is 0 Å². The van der Waals surface area contributed by atoms with Crippen molar-refractivity contribution in [2.45, 2.75) is 29.9 Å². The van der Waals surface area contributed by atoms with E-state index >= 15 is 0 Å². The highest BCUT2D eigenvalue weighted by Gasteiger charge is 2.14. The molecule has 0 unspecified atom stereocenters. The fourth-order valence-corrected chi connectivity index (χ4v) is 3.22. The second kappa shape index (κ2) is 7.99. The zero-order valence-electron chi connectivity index (χ0n) is 13.4. The molecule has 0 aliphatic rings. The highest BCUT2D eigenvalue weighted by Crippen LogP contribution is 2.28. The molecule has 4 heteroatoms. The van der Waals surface area contributed by atoms with Gasteiger partial charge in [0.25, 0.3) is 0 Å². The molecule has 1 heterocycles. The molecule has 1 aromatic heterocycles. The number of benzene rings is 2. The maximum Gasteiger partial charge on any atom is 0.202 e. The molecule has 0 N–H and O–H groups in total. The first-order valence-electron chi connectivity index (χ1n) is 7.70. The molecule has 0 aliphatic heterocycles. The van der Waals surface area contributed by atoms with E-state index in [4.69, 9.17) is 9.15 Å². The zero-order chi connectivity index (χ0) is 16.8. The summed E-state index contributed by atoms with van der Waals surface area (Å²) in [6.45, 7) is 2.50. The molecular formula is C20H18O3S. The molecule has 0 spiro atoms. The molecular weight excluding hydrogens is 320 g/mol. The van der Waals surface area contributed by atoms with Gasteiger partial charge in [-0.3, -0.25) is 4.79 Å². The van der Waals surface area contributed by atoms with Gasteiger partial charge in [0.1, 0.15) is 17.3 Å². The van der Waals surface area contributed by atoms with E-state index in [1.165, 1.54) is 18.0 Å². The van der Waals surface area contributed by atoms with E-state index < -0.39 is 0 Å². The van der Waals surface area contributed by atoms with E-state index in [1.807, 2.05) is 60.7 Å². The van der Waals surface area contributed by atoms with E-state index in [0.717, 1.165) is 10.5 Å². The van der Waals surface area contributed by atoms with E-state index in [9.17, 15) is 4.79 Å². The van der Waals surface area contributed by atoms with Crippen LogP contribution in [0, 0.1) is 6.92 Å². The lowest BCUT2D eigenvalue weighted by Crippen LogP contribution is -2.11. The Morgan fingerprint density at radius 2 is 1.62 bits per heavy atom. The second-order valence-corrected chi connectivity index (χ2v) is 6.48. The van der Waals surface area contributed by atoms with Gasteiger partial charge in [-0.2, -0.15) is 0 Å². The molecule has 0 saturated carbocycles. The molecule has 0 fully saturated rings. The van der Waals surface area contributed by atoms with Crippen LogP contribution in [0.5, 0.6) is 0 Å². The molecule has 0 amide bonds. The smallest absolute Gasteiger partial charge is 0.202 e. The fraction of sp³-hybridized carbons (Fsp3) is 0.150. The molecule has 0 atom stereocenters. The first-order chi connectivity index (χ1) is 11.7. The largest absolute Gasteiger partial charge is 0.465 e.